The van der Waals surface area contributed by atoms with Gasteiger partial charge in [-0.05, 0) is 20.8 Å². The number of ether oxygens (including phenoxy) is 1. The molecule has 0 aromatic carbocycles. The first-order chi connectivity index (χ1) is 6.06. The summed E-state index contributed by atoms with van der Waals surface area (Å²) in [5.74, 6) is 0. The van der Waals surface area contributed by atoms with E-state index in [2.05, 4.69) is 4.74 Å². The average molecular weight is 204 g/mol. The summed E-state index contributed by atoms with van der Waals surface area (Å²) in [6.45, 7) is 5.54. The van der Waals surface area contributed by atoms with Crippen LogP contribution in [0, 0.1) is 0 Å². The van der Waals surface area contributed by atoms with Crippen molar-refractivity contribution in [3.05, 3.63) is 0 Å². The highest BCUT2D eigenvalue weighted by molar-refractivity contribution is 4.06. The largest absolute Gasteiger partial charge is 0.400 e. The highest BCUT2D eigenvalue weighted by atomic mass is 19.3. The second-order valence-corrected chi connectivity index (χ2v) is 1.41. The molecule has 0 amide bonds. The van der Waals surface area contributed by atoms with Gasteiger partial charge in [0.25, 0.3) is 0 Å². The molecule has 0 fully saturated rings. The van der Waals surface area contributed by atoms with E-state index in [1.165, 1.54) is 0 Å². The zero-order valence-corrected chi connectivity index (χ0v) is 9.05. The molecule has 0 aliphatic carbocycles. The molecule has 5 heteroatoms. The van der Waals surface area contributed by atoms with Crippen molar-refractivity contribution in [3.8, 4) is 0 Å². The molecule has 0 aromatic heterocycles. The van der Waals surface area contributed by atoms with Crippen molar-refractivity contribution in [2.45, 2.75) is 27.2 Å². The summed E-state index contributed by atoms with van der Waals surface area (Å²) < 4.78 is 25.2. The van der Waals surface area contributed by atoms with E-state index in [0.29, 0.717) is 0 Å². The standard InChI is InChI=1S/C3H8O.C2H4F2.C2H6O.CH4O/c1-3-4-2;1-2(3)4;1-2-3;1-2/h3H2,1-2H3;2H,1H3;3H,2H2,1H3;2H,1H3. The van der Waals surface area contributed by atoms with Gasteiger partial charge in [0.2, 0.25) is 6.43 Å². The molecule has 0 spiro atoms. The zero-order chi connectivity index (χ0) is 11.7. The van der Waals surface area contributed by atoms with Crippen LogP contribution in [0.2, 0.25) is 0 Å². The maximum Gasteiger partial charge on any atom is 0.235 e. The molecule has 0 radical (unpaired) electrons. The van der Waals surface area contributed by atoms with Crippen molar-refractivity contribution in [2.24, 2.45) is 0 Å². The van der Waals surface area contributed by atoms with E-state index in [1.807, 2.05) is 6.92 Å². The summed E-state index contributed by atoms with van der Waals surface area (Å²) in [7, 11) is 2.68. The molecule has 0 atom stereocenters. The fourth-order valence-corrected chi connectivity index (χ4v) is 0. The number of aliphatic hydroxyl groups excluding tert-OH is 2. The highest BCUT2D eigenvalue weighted by Gasteiger charge is 1.79. The molecule has 0 aliphatic heterocycles. The third-order valence-corrected chi connectivity index (χ3v) is 0.289. The minimum Gasteiger partial charge on any atom is -0.400 e. The van der Waals surface area contributed by atoms with Crippen LogP contribution in [0.5, 0.6) is 0 Å². The van der Waals surface area contributed by atoms with Gasteiger partial charge in [-0.25, -0.2) is 8.78 Å². The van der Waals surface area contributed by atoms with Crippen molar-refractivity contribution >= 4 is 0 Å². The van der Waals surface area contributed by atoms with Gasteiger partial charge < -0.3 is 14.9 Å². The molecule has 3 nitrogen and oxygen atoms in total. The Bertz CT molecular complexity index is 41.6. The molecule has 86 valence electrons. The molecule has 13 heavy (non-hydrogen) atoms. The normalized spacial score (nSPS) is 6.92. The maximum atomic E-state index is 10.3. The van der Waals surface area contributed by atoms with E-state index in [9.17, 15) is 8.78 Å². The smallest absolute Gasteiger partial charge is 0.235 e. The second kappa shape index (κ2) is 41.1. The highest BCUT2D eigenvalue weighted by Crippen LogP contribution is 1.82. The number of alkyl halides is 2. The molecule has 0 rings (SSSR count). The molecule has 0 aliphatic rings. The summed E-state index contributed by atoms with van der Waals surface area (Å²) in [4.78, 5) is 0. The topological polar surface area (TPSA) is 49.7 Å². The summed E-state index contributed by atoms with van der Waals surface area (Å²) in [5.41, 5.74) is 0. The molecular formula is C8H22F2O3. The van der Waals surface area contributed by atoms with E-state index in [-0.39, 0.29) is 6.61 Å². The van der Waals surface area contributed by atoms with E-state index < -0.39 is 6.43 Å². The maximum absolute atomic E-state index is 10.3. The lowest BCUT2D eigenvalue weighted by Gasteiger charge is -1.76. The van der Waals surface area contributed by atoms with Crippen LogP contribution in [-0.4, -0.2) is 44.1 Å². The Balaban J connectivity index is -0.0000000431. The van der Waals surface area contributed by atoms with Gasteiger partial charge in [0.15, 0.2) is 0 Å². The Morgan fingerprint density at radius 3 is 1.31 bits per heavy atom. The van der Waals surface area contributed by atoms with Crippen molar-refractivity contribution in [1.82, 2.24) is 0 Å². The molecule has 0 aromatic rings. The first-order valence-electron chi connectivity index (χ1n) is 3.89. The van der Waals surface area contributed by atoms with Crippen LogP contribution in [0.15, 0.2) is 0 Å². The number of halogens is 2. The number of aliphatic hydroxyl groups is 2. The lowest BCUT2D eigenvalue weighted by molar-refractivity contribution is 0.171. The van der Waals surface area contributed by atoms with Gasteiger partial charge in [-0.15, -0.1) is 0 Å². The molecule has 0 unspecified atom stereocenters. The summed E-state index contributed by atoms with van der Waals surface area (Å²) in [5, 5.41) is 14.6. The number of rotatable bonds is 1. The predicted molar refractivity (Wildman–Crippen MR) is 50.1 cm³/mol. The van der Waals surface area contributed by atoms with Crippen molar-refractivity contribution in [1.29, 1.82) is 0 Å². The summed E-state index contributed by atoms with van der Waals surface area (Å²) in [6.07, 6.45) is -2.17. The van der Waals surface area contributed by atoms with E-state index in [0.717, 1.165) is 20.6 Å². The van der Waals surface area contributed by atoms with Gasteiger partial charge in [-0.3, -0.25) is 0 Å². The Labute approximate surface area is 79.3 Å². The van der Waals surface area contributed by atoms with Crippen LogP contribution >= 0.6 is 0 Å². The monoisotopic (exact) mass is 204 g/mol. The zero-order valence-electron chi connectivity index (χ0n) is 9.05. The number of hydrogen-bond acceptors (Lipinski definition) is 3. The Morgan fingerprint density at radius 1 is 1.23 bits per heavy atom. The molecular weight excluding hydrogens is 182 g/mol. The fraction of sp³-hybridized carbons (Fsp3) is 1.00. The third-order valence-electron chi connectivity index (χ3n) is 0.289. The first-order valence-corrected chi connectivity index (χ1v) is 3.89. The minimum atomic E-state index is -2.17. The van der Waals surface area contributed by atoms with Gasteiger partial charge in [0.1, 0.15) is 0 Å². The second-order valence-electron chi connectivity index (χ2n) is 1.41. The Morgan fingerprint density at radius 2 is 1.31 bits per heavy atom. The lowest BCUT2D eigenvalue weighted by Crippen LogP contribution is -1.73. The SMILES string of the molecule is CC(F)F.CCO.CCOC.CO. The quantitative estimate of drug-likeness (QED) is 0.681. The van der Waals surface area contributed by atoms with Gasteiger partial charge in [0.05, 0.1) is 0 Å². The van der Waals surface area contributed by atoms with Crippen LogP contribution in [-0.2, 0) is 4.74 Å². The minimum absolute atomic E-state index is 0.250. The van der Waals surface area contributed by atoms with Crippen LogP contribution in [0.4, 0.5) is 8.78 Å². The van der Waals surface area contributed by atoms with Crippen LogP contribution in [0.25, 0.3) is 0 Å². The first kappa shape index (κ1) is 23.0. The number of methoxy groups -OCH3 is 1. The van der Waals surface area contributed by atoms with E-state index in [4.69, 9.17) is 10.2 Å². The molecule has 0 bridgehead atoms. The van der Waals surface area contributed by atoms with Crippen molar-refractivity contribution in [3.63, 3.8) is 0 Å². The van der Waals surface area contributed by atoms with Gasteiger partial charge in [0, 0.05) is 27.4 Å². The van der Waals surface area contributed by atoms with Crippen LogP contribution in [0.1, 0.15) is 20.8 Å². The van der Waals surface area contributed by atoms with Gasteiger partial charge in [-0.2, -0.15) is 0 Å². The lowest BCUT2D eigenvalue weighted by atomic mass is 10.9. The van der Waals surface area contributed by atoms with E-state index in [1.54, 1.807) is 14.0 Å². The summed E-state index contributed by atoms with van der Waals surface area (Å²) >= 11 is 0. The third kappa shape index (κ3) is 2030. The van der Waals surface area contributed by atoms with Crippen LogP contribution in [0.3, 0.4) is 0 Å². The van der Waals surface area contributed by atoms with Crippen molar-refractivity contribution < 1.29 is 23.7 Å². The Kier molecular flexibility index (Phi) is 72.7. The van der Waals surface area contributed by atoms with E-state index >= 15 is 0 Å². The summed E-state index contributed by atoms with van der Waals surface area (Å²) in [6, 6.07) is 0. The van der Waals surface area contributed by atoms with Crippen molar-refractivity contribution in [2.75, 3.05) is 27.4 Å². The van der Waals surface area contributed by atoms with Crippen LogP contribution < -0.4 is 0 Å². The molecule has 0 heterocycles. The number of hydrogen-bond donors (Lipinski definition) is 2. The Hall–Kier alpha value is -0.260. The molecule has 2 N–H and O–H groups in total. The molecule has 0 saturated heterocycles. The average Bonchev–Trinajstić information content (AvgIpc) is 2.08. The van der Waals surface area contributed by atoms with Gasteiger partial charge >= 0.3 is 0 Å². The van der Waals surface area contributed by atoms with Gasteiger partial charge in [-0.1, -0.05) is 0 Å². The fourth-order valence-electron chi connectivity index (χ4n) is 0. The predicted octanol–water partition coefficient (Wildman–Crippen LogP) is 1.53. The molecule has 0 saturated carbocycles.